The molecular weight excluding hydrogens is 234 g/mol. The van der Waals surface area contributed by atoms with Crippen molar-refractivity contribution in [1.82, 2.24) is 15.2 Å². The molecule has 0 aliphatic rings. The lowest BCUT2D eigenvalue weighted by atomic mass is 10.1. The van der Waals surface area contributed by atoms with E-state index in [0.29, 0.717) is 0 Å². The summed E-state index contributed by atoms with van der Waals surface area (Å²) in [5, 5.41) is 4.74. The molecule has 104 valence electrons. The normalized spacial score (nSPS) is 11.6. The largest absolute Gasteiger partial charge is 0.358 e. The van der Waals surface area contributed by atoms with Crippen molar-refractivity contribution in [3.05, 3.63) is 35.5 Å². The SMILES string of the molecule is CCNCCN(C)CCc1c(C)[nH]c2ccccc12. The monoisotopic (exact) mass is 259 g/mol. The molecule has 2 rings (SSSR count). The first-order valence-corrected chi connectivity index (χ1v) is 7.17. The smallest absolute Gasteiger partial charge is 0.0458 e. The van der Waals surface area contributed by atoms with E-state index in [1.807, 2.05) is 0 Å². The Labute approximate surface area is 116 Å². The molecule has 2 aromatic rings. The van der Waals surface area contributed by atoms with Gasteiger partial charge < -0.3 is 15.2 Å². The number of H-pyrrole nitrogens is 1. The summed E-state index contributed by atoms with van der Waals surface area (Å²) in [5.74, 6) is 0. The molecule has 1 aromatic heterocycles. The first-order chi connectivity index (χ1) is 9.22. The van der Waals surface area contributed by atoms with Crippen LogP contribution in [0.1, 0.15) is 18.2 Å². The second-order valence-electron chi connectivity index (χ2n) is 5.18. The molecule has 3 heteroatoms. The molecule has 1 heterocycles. The minimum Gasteiger partial charge on any atom is -0.358 e. The Morgan fingerprint density at radius 1 is 1.21 bits per heavy atom. The van der Waals surface area contributed by atoms with Gasteiger partial charge in [-0.15, -0.1) is 0 Å². The molecule has 19 heavy (non-hydrogen) atoms. The van der Waals surface area contributed by atoms with Crippen molar-refractivity contribution in [2.24, 2.45) is 0 Å². The van der Waals surface area contributed by atoms with Gasteiger partial charge in [-0.2, -0.15) is 0 Å². The van der Waals surface area contributed by atoms with Crippen LogP contribution in [0.2, 0.25) is 0 Å². The van der Waals surface area contributed by atoms with Crippen molar-refractivity contribution in [2.45, 2.75) is 20.3 Å². The average molecular weight is 259 g/mol. The summed E-state index contributed by atoms with van der Waals surface area (Å²) in [6.07, 6.45) is 1.11. The molecule has 0 atom stereocenters. The Balaban J connectivity index is 1.96. The van der Waals surface area contributed by atoms with Gasteiger partial charge in [-0.25, -0.2) is 0 Å². The van der Waals surface area contributed by atoms with Crippen molar-refractivity contribution in [2.75, 3.05) is 33.2 Å². The number of fused-ring (bicyclic) bond motifs is 1. The molecular formula is C16H25N3. The maximum atomic E-state index is 3.47. The number of aromatic amines is 1. The average Bonchev–Trinajstić information content (AvgIpc) is 2.72. The van der Waals surface area contributed by atoms with E-state index >= 15 is 0 Å². The standard InChI is InChI=1S/C16H25N3/c1-4-17-10-12-19(3)11-9-14-13(2)18-16-8-6-5-7-15(14)16/h5-8,17-18H,4,9-12H2,1-3H3. The molecule has 0 aliphatic heterocycles. The lowest BCUT2D eigenvalue weighted by molar-refractivity contribution is 0.337. The van der Waals surface area contributed by atoms with Crippen LogP contribution in [0.4, 0.5) is 0 Å². The molecule has 0 saturated heterocycles. The van der Waals surface area contributed by atoms with Crippen LogP contribution in [0.15, 0.2) is 24.3 Å². The minimum absolute atomic E-state index is 1.05. The van der Waals surface area contributed by atoms with Crippen molar-refractivity contribution >= 4 is 10.9 Å². The maximum Gasteiger partial charge on any atom is 0.0458 e. The Morgan fingerprint density at radius 3 is 2.79 bits per heavy atom. The third kappa shape index (κ3) is 3.58. The van der Waals surface area contributed by atoms with Gasteiger partial charge in [0, 0.05) is 36.2 Å². The first kappa shape index (κ1) is 14.1. The molecule has 0 amide bonds. The zero-order valence-electron chi connectivity index (χ0n) is 12.3. The van der Waals surface area contributed by atoms with Crippen LogP contribution < -0.4 is 5.32 Å². The van der Waals surface area contributed by atoms with E-state index in [-0.39, 0.29) is 0 Å². The third-order valence-corrected chi connectivity index (χ3v) is 3.69. The summed E-state index contributed by atoms with van der Waals surface area (Å²) in [5.41, 5.74) is 4.03. The molecule has 0 unspecified atom stereocenters. The van der Waals surface area contributed by atoms with Crippen LogP contribution in [0.3, 0.4) is 0 Å². The summed E-state index contributed by atoms with van der Waals surface area (Å²) >= 11 is 0. The van der Waals surface area contributed by atoms with Gasteiger partial charge in [-0.05, 0) is 38.6 Å². The summed E-state index contributed by atoms with van der Waals surface area (Å²) in [6.45, 7) is 8.65. The Kier molecular flexibility index (Phi) is 5.00. The van der Waals surface area contributed by atoms with Gasteiger partial charge in [0.15, 0.2) is 0 Å². The lowest BCUT2D eigenvalue weighted by Gasteiger charge is -2.16. The second-order valence-corrected chi connectivity index (χ2v) is 5.18. The first-order valence-electron chi connectivity index (χ1n) is 7.17. The van der Waals surface area contributed by atoms with E-state index in [0.717, 1.165) is 32.6 Å². The summed E-state index contributed by atoms with van der Waals surface area (Å²) in [6, 6.07) is 8.58. The molecule has 2 N–H and O–H groups in total. The zero-order valence-corrected chi connectivity index (χ0v) is 12.3. The van der Waals surface area contributed by atoms with Crippen LogP contribution in [-0.2, 0) is 6.42 Å². The fraction of sp³-hybridized carbons (Fsp3) is 0.500. The van der Waals surface area contributed by atoms with E-state index in [1.165, 1.54) is 22.2 Å². The summed E-state index contributed by atoms with van der Waals surface area (Å²) in [4.78, 5) is 5.86. The summed E-state index contributed by atoms with van der Waals surface area (Å²) in [7, 11) is 2.20. The van der Waals surface area contributed by atoms with Crippen molar-refractivity contribution < 1.29 is 0 Å². The van der Waals surface area contributed by atoms with Crippen LogP contribution in [0.25, 0.3) is 10.9 Å². The molecule has 0 spiro atoms. The van der Waals surface area contributed by atoms with Crippen LogP contribution in [0.5, 0.6) is 0 Å². The highest BCUT2D eigenvalue weighted by molar-refractivity contribution is 5.84. The minimum atomic E-state index is 1.05. The van der Waals surface area contributed by atoms with Crippen molar-refractivity contribution in [3.63, 3.8) is 0 Å². The lowest BCUT2D eigenvalue weighted by Crippen LogP contribution is -2.30. The van der Waals surface area contributed by atoms with Gasteiger partial charge in [0.1, 0.15) is 0 Å². The van der Waals surface area contributed by atoms with E-state index in [2.05, 4.69) is 60.4 Å². The van der Waals surface area contributed by atoms with Crippen LogP contribution in [0, 0.1) is 6.92 Å². The second kappa shape index (κ2) is 6.73. The number of hydrogen-bond acceptors (Lipinski definition) is 2. The van der Waals surface area contributed by atoms with E-state index in [4.69, 9.17) is 0 Å². The van der Waals surface area contributed by atoms with Crippen molar-refractivity contribution in [1.29, 1.82) is 0 Å². The predicted molar refractivity (Wildman–Crippen MR) is 82.8 cm³/mol. The number of rotatable bonds is 7. The highest BCUT2D eigenvalue weighted by Gasteiger charge is 2.08. The Bertz CT molecular complexity index is 516. The molecule has 1 aromatic carbocycles. The van der Waals surface area contributed by atoms with Gasteiger partial charge >= 0.3 is 0 Å². The highest BCUT2D eigenvalue weighted by Crippen LogP contribution is 2.22. The molecule has 0 bridgehead atoms. The fourth-order valence-electron chi connectivity index (χ4n) is 2.52. The molecule has 0 radical (unpaired) electrons. The number of nitrogens with one attached hydrogen (secondary N) is 2. The van der Waals surface area contributed by atoms with Gasteiger partial charge in [0.25, 0.3) is 0 Å². The van der Waals surface area contributed by atoms with Gasteiger partial charge in [0.2, 0.25) is 0 Å². The highest BCUT2D eigenvalue weighted by atomic mass is 15.1. The third-order valence-electron chi connectivity index (χ3n) is 3.69. The molecule has 3 nitrogen and oxygen atoms in total. The van der Waals surface area contributed by atoms with E-state index in [1.54, 1.807) is 0 Å². The number of aromatic nitrogens is 1. The summed E-state index contributed by atoms with van der Waals surface area (Å²) < 4.78 is 0. The number of hydrogen-bond donors (Lipinski definition) is 2. The number of aryl methyl sites for hydroxylation is 1. The molecule has 0 saturated carbocycles. The fourth-order valence-corrected chi connectivity index (χ4v) is 2.52. The molecule has 0 fully saturated rings. The Hall–Kier alpha value is -1.32. The van der Waals surface area contributed by atoms with Gasteiger partial charge in [-0.3, -0.25) is 0 Å². The Morgan fingerprint density at radius 2 is 2.00 bits per heavy atom. The topological polar surface area (TPSA) is 31.1 Å². The number of likely N-dealkylation sites (N-methyl/N-ethyl adjacent to an activating group) is 2. The predicted octanol–water partition coefficient (Wildman–Crippen LogP) is 2.56. The van der Waals surface area contributed by atoms with Crippen LogP contribution in [-0.4, -0.2) is 43.1 Å². The van der Waals surface area contributed by atoms with Gasteiger partial charge in [0.05, 0.1) is 0 Å². The quantitative estimate of drug-likeness (QED) is 0.749. The molecule has 0 aliphatic carbocycles. The van der Waals surface area contributed by atoms with E-state index in [9.17, 15) is 0 Å². The van der Waals surface area contributed by atoms with E-state index < -0.39 is 0 Å². The number of benzene rings is 1. The van der Waals surface area contributed by atoms with Crippen LogP contribution >= 0.6 is 0 Å². The number of nitrogens with zero attached hydrogens (tertiary/aromatic N) is 1. The van der Waals surface area contributed by atoms with Gasteiger partial charge in [-0.1, -0.05) is 25.1 Å². The number of para-hydroxylation sites is 1. The van der Waals surface area contributed by atoms with Crippen molar-refractivity contribution in [3.8, 4) is 0 Å². The maximum absolute atomic E-state index is 3.47. The zero-order chi connectivity index (χ0) is 13.7.